The molecule has 1 saturated carbocycles. The summed E-state index contributed by atoms with van der Waals surface area (Å²) in [5, 5.41) is 13.3. The van der Waals surface area contributed by atoms with E-state index in [4.69, 9.17) is 0 Å². The molecule has 1 fully saturated rings. The zero-order valence-electron chi connectivity index (χ0n) is 11.5. The van der Waals surface area contributed by atoms with Crippen LogP contribution in [0.25, 0.3) is 0 Å². The maximum absolute atomic E-state index is 12.4. The van der Waals surface area contributed by atoms with Gasteiger partial charge in [-0.3, -0.25) is 0 Å². The van der Waals surface area contributed by atoms with Crippen molar-refractivity contribution in [3.05, 3.63) is 35.4 Å². The molecular weight excluding hydrogens is 267 g/mol. The highest BCUT2D eigenvalue weighted by atomic mass is 19.4. The Kier molecular flexibility index (Phi) is 4.70. The van der Waals surface area contributed by atoms with Gasteiger partial charge in [0.25, 0.3) is 0 Å². The van der Waals surface area contributed by atoms with Crippen LogP contribution in [0.4, 0.5) is 13.2 Å². The predicted molar refractivity (Wildman–Crippen MR) is 71.2 cm³/mol. The Hall–Kier alpha value is -1.07. The van der Waals surface area contributed by atoms with Crippen LogP contribution in [0.5, 0.6) is 0 Å². The molecule has 0 radical (unpaired) electrons. The van der Waals surface area contributed by atoms with Gasteiger partial charge in [-0.15, -0.1) is 0 Å². The molecule has 1 aromatic carbocycles. The highest BCUT2D eigenvalue weighted by molar-refractivity contribution is 5.26. The normalized spacial score (nSPS) is 24.9. The molecule has 1 aliphatic carbocycles. The van der Waals surface area contributed by atoms with Crippen molar-refractivity contribution >= 4 is 0 Å². The average molecular weight is 287 g/mol. The predicted octanol–water partition coefficient (Wildman–Crippen LogP) is 3.52. The van der Waals surface area contributed by atoms with Crippen molar-refractivity contribution in [2.45, 2.75) is 44.5 Å². The van der Waals surface area contributed by atoms with Crippen molar-refractivity contribution < 1.29 is 18.3 Å². The first-order chi connectivity index (χ1) is 9.38. The van der Waals surface area contributed by atoms with Gasteiger partial charge in [0.15, 0.2) is 0 Å². The van der Waals surface area contributed by atoms with Crippen LogP contribution in [0.1, 0.15) is 43.4 Å². The van der Waals surface area contributed by atoms with Gasteiger partial charge in [0.2, 0.25) is 0 Å². The Bertz CT molecular complexity index is 430. The van der Waals surface area contributed by atoms with Crippen LogP contribution in [-0.2, 0) is 6.18 Å². The molecule has 20 heavy (non-hydrogen) atoms. The fraction of sp³-hybridized carbons (Fsp3) is 0.600. The molecule has 3 unspecified atom stereocenters. The van der Waals surface area contributed by atoms with E-state index in [1.54, 1.807) is 0 Å². The van der Waals surface area contributed by atoms with Crippen LogP contribution >= 0.6 is 0 Å². The number of hydrogen-bond donors (Lipinski definition) is 2. The summed E-state index contributed by atoms with van der Waals surface area (Å²) in [7, 11) is 0. The van der Waals surface area contributed by atoms with E-state index in [9.17, 15) is 18.3 Å². The number of alkyl halides is 3. The van der Waals surface area contributed by atoms with Gasteiger partial charge in [0.05, 0.1) is 11.7 Å². The molecule has 3 atom stereocenters. The summed E-state index contributed by atoms with van der Waals surface area (Å²) in [6, 6.07) is 5.10. The minimum atomic E-state index is -4.33. The summed E-state index contributed by atoms with van der Waals surface area (Å²) >= 11 is 0. The first kappa shape index (κ1) is 15.3. The average Bonchev–Trinajstić information content (AvgIpc) is 2.81. The van der Waals surface area contributed by atoms with Crippen LogP contribution < -0.4 is 5.32 Å². The van der Waals surface area contributed by atoms with E-state index in [1.165, 1.54) is 25.0 Å². The first-order valence-corrected chi connectivity index (χ1v) is 6.96. The molecule has 0 heterocycles. The summed E-state index contributed by atoms with van der Waals surface area (Å²) in [4.78, 5) is 0. The maximum atomic E-state index is 12.4. The highest BCUT2D eigenvalue weighted by Crippen LogP contribution is 2.30. The Morgan fingerprint density at radius 2 is 1.90 bits per heavy atom. The van der Waals surface area contributed by atoms with Gasteiger partial charge in [0, 0.05) is 12.6 Å². The lowest BCUT2D eigenvalue weighted by Gasteiger charge is -2.20. The molecule has 0 aliphatic heterocycles. The molecule has 0 bridgehead atoms. The highest BCUT2D eigenvalue weighted by Gasteiger charge is 2.30. The van der Waals surface area contributed by atoms with E-state index in [-0.39, 0.29) is 0 Å². The van der Waals surface area contributed by atoms with E-state index in [0.29, 0.717) is 24.1 Å². The van der Waals surface area contributed by atoms with Crippen LogP contribution in [0.3, 0.4) is 0 Å². The molecule has 2 nitrogen and oxygen atoms in total. The maximum Gasteiger partial charge on any atom is 0.416 e. The second-order valence-electron chi connectivity index (χ2n) is 5.56. The van der Waals surface area contributed by atoms with E-state index in [2.05, 4.69) is 12.2 Å². The third kappa shape index (κ3) is 3.73. The quantitative estimate of drug-likeness (QED) is 0.888. The molecule has 2 rings (SSSR count). The van der Waals surface area contributed by atoms with Crippen LogP contribution in [0.15, 0.2) is 24.3 Å². The van der Waals surface area contributed by atoms with Gasteiger partial charge in [0.1, 0.15) is 0 Å². The topological polar surface area (TPSA) is 32.3 Å². The standard InChI is InChI=1S/C15H20F3NO/c1-10-3-2-4-13(10)19-9-14(20)11-5-7-12(8-6-11)15(16,17)18/h5-8,10,13-14,19-20H,2-4,9H2,1H3. The lowest BCUT2D eigenvalue weighted by Crippen LogP contribution is -2.34. The molecule has 2 N–H and O–H groups in total. The van der Waals surface area contributed by atoms with Gasteiger partial charge >= 0.3 is 6.18 Å². The minimum Gasteiger partial charge on any atom is -0.387 e. The third-order valence-electron chi connectivity index (χ3n) is 4.06. The summed E-state index contributed by atoms with van der Waals surface area (Å²) in [5.74, 6) is 0.592. The molecule has 0 amide bonds. The van der Waals surface area contributed by atoms with E-state index in [0.717, 1.165) is 18.6 Å². The lowest BCUT2D eigenvalue weighted by atomic mass is 10.0. The van der Waals surface area contributed by atoms with Crippen LogP contribution in [-0.4, -0.2) is 17.7 Å². The van der Waals surface area contributed by atoms with Crippen molar-refractivity contribution in [2.75, 3.05) is 6.54 Å². The second kappa shape index (κ2) is 6.14. The van der Waals surface area contributed by atoms with Crippen molar-refractivity contribution in [3.8, 4) is 0 Å². The SMILES string of the molecule is CC1CCCC1NCC(O)c1ccc(C(F)(F)F)cc1. The Morgan fingerprint density at radius 1 is 1.25 bits per heavy atom. The molecule has 1 aromatic rings. The Morgan fingerprint density at radius 3 is 2.40 bits per heavy atom. The van der Waals surface area contributed by atoms with E-state index >= 15 is 0 Å². The number of hydrogen-bond acceptors (Lipinski definition) is 2. The number of aliphatic hydroxyl groups is 1. The summed E-state index contributed by atoms with van der Waals surface area (Å²) < 4.78 is 37.3. The number of benzene rings is 1. The van der Waals surface area contributed by atoms with Crippen molar-refractivity contribution in [1.29, 1.82) is 0 Å². The first-order valence-electron chi connectivity index (χ1n) is 6.96. The molecule has 112 valence electrons. The molecule has 1 aliphatic rings. The van der Waals surface area contributed by atoms with Gasteiger partial charge in [-0.1, -0.05) is 25.5 Å². The van der Waals surface area contributed by atoms with Gasteiger partial charge in [-0.25, -0.2) is 0 Å². The van der Waals surface area contributed by atoms with Gasteiger partial charge in [-0.2, -0.15) is 13.2 Å². The van der Waals surface area contributed by atoms with E-state index < -0.39 is 17.8 Å². The largest absolute Gasteiger partial charge is 0.416 e. The smallest absolute Gasteiger partial charge is 0.387 e. The Balaban J connectivity index is 1.90. The zero-order chi connectivity index (χ0) is 14.8. The molecule has 0 spiro atoms. The Labute approximate surface area is 117 Å². The van der Waals surface area contributed by atoms with Gasteiger partial charge in [-0.05, 0) is 36.5 Å². The van der Waals surface area contributed by atoms with Crippen LogP contribution in [0.2, 0.25) is 0 Å². The number of nitrogens with one attached hydrogen (secondary N) is 1. The van der Waals surface area contributed by atoms with Crippen molar-refractivity contribution in [3.63, 3.8) is 0 Å². The fourth-order valence-corrected chi connectivity index (χ4v) is 2.72. The van der Waals surface area contributed by atoms with Gasteiger partial charge < -0.3 is 10.4 Å². The molecule has 0 aromatic heterocycles. The third-order valence-corrected chi connectivity index (χ3v) is 4.06. The summed E-state index contributed by atoms with van der Waals surface area (Å²) in [6.45, 7) is 2.55. The van der Waals surface area contributed by atoms with Crippen molar-refractivity contribution in [1.82, 2.24) is 5.32 Å². The number of rotatable bonds is 4. The minimum absolute atomic E-state index is 0.375. The second-order valence-corrected chi connectivity index (χ2v) is 5.56. The summed E-state index contributed by atoms with van der Waals surface area (Å²) in [5.41, 5.74) is -0.179. The lowest BCUT2D eigenvalue weighted by molar-refractivity contribution is -0.137. The number of aliphatic hydroxyl groups excluding tert-OH is 1. The number of halogens is 3. The summed E-state index contributed by atoms with van der Waals surface area (Å²) in [6.07, 6.45) is -1.63. The van der Waals surface area contributed by atoms with Crippen LogP contribution in [0, 0.1) is 5.92 Å². The molecular formula is C15H20F3NO. The monoisotopic (exact) mass is 287 g/mol. The van der Waals surface area contributed by atoms with E-state index in [1.807, 2.05) is 0 Å². The zero-order valence-corrected chi connectivity index (χ0v) is 11.5. The molecule has 5 heteroatoms. The molecule has 0 saturated heterocycles. The fourth-order valence-electron chi connectivity index (χ4n) is 2.72. The van der Waals surface area contributed by atoms with Crippen molar-refractivity contribution in [2.24, 2.45) is 5.92 Å².